The molecule has 0 unspecified atom stereocenters. The van der Waals surface area contributed by atoms with Gasteiger partial charge in [-0.05, 0) is 32.6 Å². The van der Waals surface area contributed by atoms with Gasteiger partial charge in [0.2, 0.25) is 0 Å². The van der Waals surface area contributed by atoms with Crippen molar-refractivity contribution in [3.8, 4) is 0 Å². The van der Waals surface area contributed by atoms with Crippen LogP contribution in [0.1, 0.15) is 72.6 Å². The van der Waals surface area contributed by atoms with Gasteiger partial charge in [0.15, 0.2) is 0 Å². The van der Waals surface area contributed by atoms with E-state index in [9.17, 15) is 14.4 Å². The second kappa shape index (κ2) is 12.9. The highest BCUT2D eigenvalue weighted by Crippen LogP contribution is 2.14. The van der Waals surface area contributed by atoms with E-state index in [0.717, 1.165) is 0 Å². The van der Waals surface area contributed by atoms with E-state index in [1.807, 2.05) is 6.92 Å². The van der Waals surface area contributed by atoms with Crippen molar-refractivity contribution in [2.75, 3.05) is 6.61 Å². The standard InChI is InChI=1S/C17H30O6/c1-5-15(18)21-12-8-9-14(23-17(20)7-3)11-10-13(4)22-16(19)6-2/h13-14H,5-12H2,1-4H3/t13-,14-/m1/s1. The van der Waals surface area contributed by atoms with E-state index in [0.29, 0.717) is 51.6 Å². The van der Waals surface area contributed by atoms with E-state index in [4.69, 9.17) is 14.2 Å². The fourth-order valence-electron chi connectivity index (χ4n) is 1.92. The van der Waals surface area contributed by atoms with Crippen molar-refractivity contribution in [2.24, 2.45) is 0 Å². The van der Waals surface area contributed by atoms with Crippen LogP contribution >= 0.6 is 0 Å². The summed E-state index contributed by atoms with van der Waals surface area (Å²) in [5, 5.41) is 0. The second-order valence-electron chi connectivity index (χ2n) is 5.41. The van der Waals surface area contributed by atoms with Gasteiger partial charge in [-0.2, -0.15) is 0 Å². The normalized spacial score (nSPS) is 13.0. The third kappa shape index (κ3) is 11.6. The molecule has 0 radical (unpaired) electrons. The number of hydrogen-bond acceptors (Lipinski definition) is 6. The lowest BCUT2D eigenvalue weighted by Crippen LogP contribution is -2.22. The Kier molecular flexibility index (Phi) is 12.0. The molecule has 0 aromatic rings. The van der Waals surface area contributed by atoms with Crippen molar-refractivity contribution >= 4 is 17.9 Å². The molecule has 0 aliphatic heterocycles. The summed E-state index contributed by atoms with van der Waals surface area (Å²) in [7, 11) is 0. The molecular weight excluding hydrogens is 300 g/mol. The van der Waals surface area contributed by atoms with Gasteiger partial charge >= 0.3 is 17.9 Å². The Labute approximate surface area is 138 Å². The van der Waals surface area contributed by atoms with Gasteiger partial charge in [-0.3, -0.25) is 14.4 Å². The van der Waals surface area contributed by atoms with Crippen molar-refractivity contribution < 1.29 is 28.6 Å². The lowest BCUT2D eigenvalue weighted by molar-refractivity contribution is -0.153. The predicted molar refractivity (Wildman–Crippen MR) is 85.7 cm³/mol. The molecule has 134 valence electrons. The summed E-state index contributed by atoms with van der Waals surface area (Å²) >= 11 is 0. The minimum atomic E-state index is -0.251. The van der Waals surface area contributed by atoms with Gasteiger partial charge in [0.1, 0.15) is 6.10 Å². The number of carbonyl (C=O) groups excluding carboxylic acids is 3. The maximum Gasteiger partial charge on any atom is 0.305 e. The molecule has 0 aromatic heterocycles. The van der Waals surface area contributed by atoms with E-state index >= 15 is 0 Å². The molecule has 0 aliphatic carbocycles. The Bertz CT molecular complexity index is 366. The average molecular weight is 330 g/mol. The van der Waals surface area contributed by atoms with Crippen molar-refractivity contribution in [1.29, 1.82) is 0 Å². The summed E-state index contributed by atoms with van der Waals surface area (Å²) < 4.78 is 15.6. The largest absolute Gasteiger partial charge is 0.466 e. The van der Waals surface area contributed by atoms with E-state index in [-0.39, 0.29) is 30.1 Å². The summed E-state index contributed by atoms with van der Waals surface area (Å²) in [4.78, 5) is 33.8. The van der Waals surface area contributed by atoms with Crippen molar-refractivity contribution in [3.05, 3.63) is 0 Å². The molecule has 2 atom stereocenters. The van der Waals surface area contributed by atoms with Crippen molar-refractivity contribution in [1.82, 2.24) is 0 Å². The highest BCUT2D eigenvalue weighted by atomic mass is 16.6. The third-order valence-corrected chi connectivity index (χ3v) is 3.33. The van der Waals surface area contributed by atoms with E-state index in [1.54, 1.807) is 20.8 Å². The van der Waals surface area contributed by atoms with Gasteiger partial charge in [-0.15, -0.1) is 0 Å². The Morgan fingerprint density at radius 1 is 0.783 bits per heavy atom. The molecule has 0 amide bonds. The third-order valence-electron chi connectivity index (χ3n) is 3.33. The Morgan fingerprint density at radius 3 is 1.91 bits per heavy atom. The predicted octanol–water partition coefficient (Wildman–Crippen LogP) is 3.16. The van der Waals surface area contributed by atoms with Gasteiger partial charge in [-0.1, -0.05) is 20.8 Å². The number of esters is 3. The smallest absolute Gasteiger partial charge is 0.305 e. The molecular formula is C17H30O6. The Hall–Kier alpha value is -1.59. The summed E-state index contributed by atoms with van der Waals surface area (Å²) in [6, 6.07) is 0. The molecule has 6 heteroatoms. The first-order valence-corrected chi connectivity index (χ1v) is 8.47. The monoisotopic (exact) mass is 330 g/mol. The Morgan fingerprint density at radius 2 is 1.35 bits per heavy atom. The molecule has 0 N–H and O–H groups in total. The number of hydrogen-bond donors (Lipinski definition) is 0. The lowest BCUT2D eigenvalue weighted by atomic mass is 10.1. The van der Waals surface area contributed by atoms with Crippen LogP contribution < -0.4 is 0 Å². The van der Waals surface area contributed by atoms with Gasteiger partial charge in [0.05, 0.1) is 12.7 Å². The quantitative estimate of drug-likeness (QED) is 0.311. The molecule has 0 heterocycles. The van der Waals surface area contributed by atoms with Crippen LogP contribution in [0.3, 0.4) is 0 Å². The Balaban J connectivity index is 4.20. The molecule has 0 bridgehead atoms. The van der Waals surface area contributed by atoms with Crippen LogP contribution in [-0.2, 0) is 28.6 Å². The first-order chi connectivity index (χ1) is 10.9. The summed E-state index contributed by atoms with van der Waals surface area (Å²) in [5.41, 5.74) is 0. The first-order valence-electron chi connectivity index (χ1n) is 8.47. The second-order valence-corrected chi connectivity index (χ2v) is 5.41. The van der Waals surface area contributed by atoms with Gasteiger partial charge in [0.25, 0.3) is 0 Å². The van der Waals surface area contributed by atoms with Crippen LogP contribution in [0.2, 0.25) is 0 Å². The maximum absolute atomic E-state index is 11.5. The first kappa shape index (κ1) is 21.4. The van der Waals surface area contributed by atoms with Gasteiger partial charge in [0, 0.05) is 19.3 Å². The topological polar surface area (TPSA) is 78.9 Å². The van der Waals surface area contributed by atoms with Gasteiger partial charge in [-0.25, -0.2) is 0 Å². The van der Waals surface area contributed by atoms with E-state index < -0.39 is 0 Å². The number of carbonyl (C=O) groups is 3. The lowest BCUT2D eigenvalue weighted by Gasteiger charge is -2.20. The van der Waals surface area contributed by atoms with Gasteiger partial charge < -0.3 is 14.2 Å². The van der Waals surface area contributed by atoms with Crippen LogP contribution in [0.15, 0.2) is 0 Å². The van der Waals surface area contributed by atoms with Crippen LogP contribution in [0.4, 0.5) is 0 Å². The summed E-state index contributed by atoms with van der Waals surface area (Å²) in [5.74, 6) is -0.711. The fraction of sp³-hybridized carbons (Fsp3) is 0.824. The zero-order chi connectivity index (χ0) is 17.7. The highest BCUT2D eigenvalue weighted by Gasteiger charge is 2.16. The molecule has 0 saturated carbocycles. The SMILES string of the molecule is CCC(=O)OCCC[C@H](CC[C@@H](C)OC(=O)CC)OC(=O)CC. The van der Waals surface area contributed by atoms with E-state index in [1.165, 1.54) is 0 Å². The average Bonchev–Trinajstić information content (AvgIpc) is 2.55. The van der Waals surface area contributed by atoms with E-state index in [2.05, 4.69) is 0 Å². The number of ether oxygens (including phenoxy) is 3. The molecule has 0 saturated heterocycles. The fourth-order valence-corrected chi connectivity index (χ4v) is 1.92. The van der Waals surface area contributed by atoms with Crippen molar-refractivity contribution in [2.45, 2.75) is 84.8 Å². The molecule has 0 fully saturated rings. The molecule has 0 spiro atoms. The maximum atomic E-state index is 11.5. The van der Waals surface area contributed by atoms with Crippen LogP contribution in [0.5, 0.6) is 0 Å². The number of rotatable bonds is 12. The zero-order valence-corrected chi connectivity index (χ0v) is 14.8. The van der Waals surface area contributed by atoms with Crippen LogP contribution in [-0.4, -0.2) is 36.7 Å². The molecule has 6 nitrogen and oxygen atoms in total. The summed E-state index contributed by atoms with van der Waals surface area (Å²) in [6.07, 6.45) is 3.08. The summed E-state index contributed by atoms with van der Waals surface area (Å²) in [6.45, 7) is 7.39. The molecule has 0 aromatic carbocycles. The zero-order valence-electron chi connectivity index (χ0n) is 14.8. The minimum Gasteiger partial charge on any atom is -0.466 e. The molecule has 23 heavy (non-hydrogen) atoms. The molecule has 0 rings (SSSR count). The van der Waals surface area contributed by atoms with Crippen molar-refractivity contribution in [3.63, 3.8) is 0 Å². The van der Waals surface area contributed by atoms with Crippen LogP contribution in [0, 0.1) is 0 Å². The highest BCUT2D eigenvalue weighted by molar-refractivity contribution is 5.69. The molecule has 0 aliphatic rings. The minimum absolute atomic E-state index is 0.205. The van der Waals surface area contributed by atoms with Crippen LogP contribution in [0.25, 0.3) is 0 Å².